The van der Waals surface area contributed by atoms with Crippen molar-refractivity contribution in [2.75, 3.05) is 40.9 Å². The summed E-state index contributed by atoms with van der Waals surface area (Å²) in [6, 6.07) is -0.800. The van der Waals surface area contributed by atoms with Crippen LogP contribution in [0.1, 0.15) is 251 Å². The fourth-order valence-corrected chi connectivity index (χ4v) is 8.39. The van der Waals surface area contributed by atoms with Crippen LogP contribution >= 0.6 is 7.82 Å². The summed E-state index contributed by atoms with van der Waals surface area (Å²) in [6.45, 7) is 4.70. The third-order valence-electron chi connectivity index (χ3n) is 11.8. The maximum atomic E-state index is 12.9. The van der Waals surface area contributed by atoms with Gasteiger partial charge in [-0.2, -0.15) is 0 Å². The Hall–Kier alpha value is -0.760. The van der Waals surface area contributed by atoms with Crippen molar-refractivity contribution in [3.05, 3.63) is 12.2 Å². The standard InChI is InChI=1S/C50H101N2O6P/c1-6-8-10-12-14-16-18-19-20-21-22-23-24-25-26-27-28-29-30-31-32-34-35-37-39-41-43-49(53)48(47-58-59(55,56)57-46-45-52(3,4)5)51-50(54)44-42-40-38-36-33-17-15-13-11-9-7-2/h13,15,48-49,53H,6-12,14,16-47H2,1-5H3,(H-,51,54,55,56)/b15-13-. The normalized spacial score (nSPS) is 14.2. The molecule has 0 saturated carbocycles. The monoisotopic (exact) mass is 857 g/mol. The van der Waals surface area contributed by atoms with Gasteiger partial charge in [-0.3, -0.25) is 9.36 Å². The lowest BCUT2D eigenvalue weighted by molar-refractivity contribution is -0.870. The number of carbonyl (C=O) groups excluding carboxylic acids is 1. The molecule has 0 rings (SSSR count). The lowest BCUT2D eigenvalue weighted by Crippen LogP contribution is -2.46. The van der Waals surface area contributed by atoms with Gasteiger partial charge < -0.3 is 28.8 Å². The Bertz CT molecular complexity index is 974. The molecule has 0 aromatic carbocycles. The number of hydrogen-bond donors (Lipinski definition) is 2. The number of hydrogen-bond acceptors (Lipinski definition) is 6. The largest absolute Gasteiger partial charge is 0.756 e. The number of phosphoric acid groups is 1. The first-order valence-corrected chi connectivity index (χ1v) is 27.0. The third-order valence-corrected chi connectivity index (χ3v) is 12.7. The van der Waals surface area contributed by atoms with Crippen LogP contribution in [-0.2, 0) is 18.4 Å². The fraction of sp³-hybridized carbons (Fsp3) is 0.940. The van der Waals surface area contributed by atoms with E-state index in [1.807, 2.05) is 21.1 Å². The zero-order chi connectivity index (χ0) is 43.6. The van der Waals surface area contributed by atoms with E-state index in [9.17, 15) is 19.4 Å². The van der Waals surface area contributed by atoms with Crippen molar-refractivity contribution in [3.63, 3.8) is 0 Å². The molecule has 1 amide bonds. The number of nitrogens with zero attached hydrogens (tertiary/aromatic N) is 1. The predicted molar refractivity (Wildman–Crippen MR) is 252 cm³/mol. The summed E-state index contributed by atoms with van der Waals surface area (Å²) in [6.07, 6.45) is 49.6. The number of nitrogens with one attached hydrogen (secondary N) is 1. The molecule has 3 unspecified atom stereocenters. The van der Waals surface area contributed by atoms with E-state index >= 15 is 0 Å². The zero-order valence-electron chi connectivity index (χ0n) is 40.0. The first-order chi connectivity index (χ1) is 28.5. The van der Waals surface area contributed by atoms with Crippen LogP contribution in [0.3, 0.4) is 0 Å². The van der Waals surface area contributed by atoms with Gasteiger partial charge in [-0.25, -0.2) is 0 Å². The summed E-state index contributed by atoms with van der Waals surface area (Å²) in [5, 5.41) is 13.9. The van der Waals surface area contributed by atoms with E-state index < -0.39 is 20.0 Å². The smallest absolute Gasteiger partial charge is 0.268 e. The van der Waals surface area contributed by atoms with E-state index in [0.717, 1.165) is 51.4 Å². The average molecular weight is 857 g/mol. The number of rotatable bonds is 47. The van der Waals surface area contributed by atoms with Crippen LogP contribution in [0.25, 0.3) is 0 Å². The number of aliphatic hydroxyl groups excluding tert-OH is 1. The van der Waals surface area contributed by atoms with E-state index in [1.165, 1.54) is 173 Å². The number of aliphatic hydroxyl groups is 1. The molecule has 0 spiro atoms. The first kappa shape index (κ1) is 58.2. The molecule has 59 heavy (non-hydrogen) atoms. The second-order valence-corrected chi connectivity index (χ2v) is 20.3. The molecule has 0 aromatic heterocycles. The van der Waals surface area contributed by atoms with E-state index in [0.29, 0.717) is 23.9 Å². The van der Waals surface area contributed by atoms with Crippen LogP contribution in [0.2, 0.25) is 0 Å². The number of allylic oxidation sites excluding steroid dienone is 2. The second-order valence-electron chi connectivity index (χ2n) is 18.9. The number of quaternary nitrogens is 1. The summed E-state index contributed by atoms with van der Waals surface area (Å²) in [5.41, 5.74) is 0. The average Bonchev–Trinajstić information content (AvgIpc) is 3.19. The summed E-state index contributed by atoms with van der Waals surface area (Å²) in [7, 11) is 1.31. The quantitative estimate of drug-likeness (QED) is 0.0273. The molecule has 3 atom stereocenters. The predicted octanol–water partition coefficient (Wildman–Crippen LogP) is 14.1. The molecule has 8 nitrogen and oxygen atoms in total. The molecule has 0 radical (unpaired) electrons. The highest BCUT2D eigenvalue weighted by Gasteiger charge is 2.24. The van der Waals surface area contributed by atoms with Crippen molar-refractivity contribution < 1.29 is 32.9 Å². The maximum Gasteiger partial charge on any atom is 0.268 e. The van der Waals surface area contributed by atoms with Crippen molar-refractivity contribution in [1.82, 2.24) is 5.32 Å². The maximum absolute atomic E-state index is 12.9. The lowest BCUT2D eigenvalue weighted by atomic mass is 10.0. The molecule has 0 aliphatic rings. The molecular formula is C50H101N2O6P. The second kappa shape index (κ2) is 42.5. The van der Waals surface area contributed by atoms with Gasteiger partial charge in [0.1, 0.15) is 13.2 Å². The zero-order valence-corrected chi connectivity index (χ0v) is 40.9. The minimum atomic E-state index is -4.56. The summed E-state index contributed by atoms with van der Waals surface area (Å²) >= 11 is 0. The fourth-order valence-electron chi connectivity index (χ4n) is 7.67. The van der Waals surface area contributed by atoms with Crippen LogP contribution in [0.5, 0.6) is 0 Å². The van der Waals surface area contributed by atoms with E-state index in [4.69, 9.17) is 9.05 Å². The van der Waals surface area contributed by atoms with E-state index in [1.54, 1.807) is 0 Å². The highest BCUT2D eigenvalue weighted by atomic mass is 31.2. The van der Waals surface area contributed by atoms with Gasteiger partial charge in [0.05, 0.1) is 39.9 Å². The Morgan fingerprint density at radius 2 is 0.949 bits per heavy atom. The van der Waals surface area contributed by atoms with Crippen LogP contribution < -0.4 is 10.2 Å². The molecule has 0 fully saturated rings. The molecule has 352 valence electrons. The molecule has 9 heteroatoms. The van der Waals surface area contributed by atoms with E-state index in [-0.39, 0.29) is 19.1 Å². The van der Waals surface area contributed by atoms with Crippen molar-refractivity contribution in [2.24, 2.45) is 0 Å². The SMILES string of the molecule is CCCC/C=C\CCCCCCCC(=O)NC(COP(=O)([O-])OCC[N+](C)(C)C)C(O)CCCCCCCCCCCCCCCCCCCCCCCCCCCC. The van der Waals surface area contributed by atoms with Gasteiger partial charge in [0.15, 0.2) is 0 Å². The number of unbranched alkanes of at least 4 members (excludes halogenated alkanes) is 32. The summed E-state index contributed by atoms with van der Waals surface area (Å²) < 4.78 is 23.3. The van der Waals surface area contributed by atoms with Gasteiger partial charge in [0.25, 0.3) is 7.82 Å². The Kier molecular flexibility index (Phi) is 42.0. The summed E-state index contributed by atoms with van der Waals surface area (Å²) in [5.74, 6) is -0.173. The Morgan fingerprint density at radius 3 is 1.37 bits per heavy atom. The van der Waals surface area contributed by atoms with Gasteiger partial charge in [0, 0.05) is 6.42 Å². The molecule has 0 saturated heterocycles. The number of carbonyl (C=O) groups is 1. The third kappa shape index (κ3) is 45.1. The molecule has 2 N–H and O–H groups in total. The van der Waals surface area contributed by atoms with Crippen molar-refractivity contribution in [3.8, 4) is 0 Å². The van der Waals surface area contributed by atoms with Crippen LogP contribution in [0, 0.1) is 0 Å². The van der Waals surface area contributed by atoms with Crippen LogP contribution in [-0.4, -0.2) is 68.5 Å². The van der Waals surface area contributed by atoms with Gasteiger partial charge in [-0.1, -0.05) is 225 Å². The van der Waals surface area contributed by atoms with E-state index in [2.05, 4.69) is 31.3 Å². The van der Waals surface area contributed by atoms with Gasteiger partial charge >= 0.3 is 0 Å². The Labute approximate surface area is 367 Å². The van der Waals surface area contributed by atoms with Crippen molar-refractivity contribution >= 4 is 13.7 Å². The highest BCUT2D eigenvalue weighted by Crippen LogP contribution is 2.38. The molecular weight excluding hydrogens is 756 g/mol. The van der Waals surface area contributed by atoms with Crippen LogP contribution in [0.4, 0.5) is 0 Å². The van der Waals surface area contributed by atoms with Crippen LogP contribution in [0.15, 0.2) is 12.2 Å². The Balaban J connectivity index is 4.09. The highest BCUT2D eigenvalue weighted by molar-refractivity contribution is 7.45. The Morgan fingerprint density at radius 1 is 0.576 bits per heavy atom. The van der Waals surface area contributed by atoms with Gasteiger partial charge in [-0.15, -0.1) is 0 Å². The topological polar surface area (TPSA) is 108 Å². The van der Waals surface area contributed by atoms with Crippen molar-refractivity contribution in [1.29, 1.82) is 0 Å². The summed E-state index contributed by atoms with van der Waals surface area (Å²) in [4.78, 5) is 25.3. The van der Waals surface area contributed by atoms with Gasteiger partial charge in [-0.05, 0) is 32.1 Å². The van der Waals surface area contributed by atoms with Crippen molar-refractivity contribution in [2.45, 2.75) is 264 Å². The molecule has 0 aliphatic carbocycles. The molecule has 0 bridgehead atoms. The molecule has 0 heterocycles. The number of likely N-dealkylation sites (N-methyl/N-ethyl adjacent to an activating group) is 1. The minimum absolute atomic E-state index is 0.0125. The lowest BCUT2D eigenvalue weighted by Gasteiger charge is -2.30. The van der Waals surface area contributed by atoms with Gasteiger partial charge in [0.2, 0.25) is 5.91 Å². The number of amides is 1. The first-order valence-electron chi connectivity index (χ1n) is 25.5. The molecule has 0 aliphatic heterocycles. The molecule has 0 aromatic rings. The minimum Gasteiger partial charge on any atom is -0.756 e. The number of phosphoric ester groups is 1.